The van der Waals surface area contributed by atoms with E-state index in [0.29, 0.717) is 6.04 Å². The number of unbranched alkanes of at least 4 members (excludes halogenated alkanes) is 1. The molecule has 0 spiro atoms. The van der Waals surface area contributed by atoms with Gasteiger partial charge in [-0.1, -0.05) is 46.5 Å². The molecule has 0 aliphatic heterocycles. The Balaban J connectivity index is 2.64. The first-order valence-corrected chi connectivity index (χ1v) is 7.98. The molecule has 0 aliphatic carbocycles. The molecule has 0 saturated carbocycles. The molecule has 0 bridgehead atoms. The van der Waals surface area contributed by atoms with Gasteiger partial charge >= 0.3 is 0 Å². The Morgan fingerprint density at radius 2 is 2.11 bits per heavy atom. The minimum Gasteiger partial charge on any atom is -0.457 e. The number of nitrogens with one attached hydrogen (secondary N) is 1. The van der Waals surface area contributed by atoms with Gasteiger partial charge in [0.05, 0.1) is 6.26 Å². The average Bonchev–Trinajstić information content (AvgIpc) is 2.79. The van der Waals surface area contributed by atoms with E-state index < -0.39 is 0 Å². The van der Waals surface area contributed by atoms with Gasteiger partial charge < -0.3 is 9.73 Å². The second-order valence-electron chi connectivity index (χ2n) is 4.91. The van der Waals surface area contributed by atoms with Crippen molar-refractivity contribution in [2.75, 3.05) is 6.54 Å². The van der Waals surface area contributed by atoms with Gasteiger partial charge in [0.2, 0.25) is 0 Å². The zero-order valence-electron chi connectivity index (χ0n) is 11.8. The molecule has 1 heterocycles. The number of halogens is 1. The molecule has 104 valence electrons. The highest BCUT2D eigenvalue weighted by Gasteiger charge is 2.19. The second kappa shape index (κ2) is 8.76. The quantitative estimate of drug-likeness (QED) is 0.669. The van der Waals surface area contributed by atoms with Crippen LogP contribution in [-0.4, -0.2) is 6.54 Å². The summed E-state index contributed by atoms with van der Waals surface area (Å²) in [6.07, 6.45) is 8.18. The molecule has 0 amide bonds. The van der Waals surface area contributed by atoms with E-state index in [1.165, 1.54) is 37.7 Å². The molecule has 1 aromatic heterocycles. The molecule has 0 fully saturated rings. The summed E-state index contributed by atoms with van der Waals surface area (Å²) in [5.41, 5.74) is 1.26. The van der Waals surface area contributed by atoms with Crippen molar-refractivity contribution < 1.29 is 4.42 Å². The molecule has 0 aliphatic rings. The Labute approximate surface area is 120 Å². The first kappa shape index (κ1) is 15.8. The largest absolute Gasteiger partial charge is 0.457 e. The number of hydrogen-bond donors (Lipinski definition) is 1. The van der Waals surface area contributed by atoms with E-state index in [1.54, 1.807) is 6.26 Å². The van der Waals surface area contributed by atoms with E-state index in [-0.39, 0.29) is 0 Å². The molecule has 3 heteroatoms. The molecule has 2 unspecified atom stereocenters. The van der Waals surface area contributed by atoms with Gasteiger partial charge in [0.1, 0.15) is 0 Å². The summed E-state index contributed by atoms with van der Waals surface area (Å²) in [6.45, 7) is 7.72. The Bertz CT molecular complexity index is 324. The lowest BCUT2D eigenvalue weighted by molar-refractivity contribution is 0.354. The number of hydrogen-bond acceptors (Lipinski definition) is 2. The van der Waals surface area contributed by atoms with Crippen molar-refractivity contribution in [3.8, 4) is 0 Å². The van der Waals surface area contributed by atoms with Crippen LogP contribution in [0.25, 0.3) is 0 Å². The van der Waals surface area contributed by atoms with E-state index in [0.717, 1.165) is 17.1 Å². The van der Waals surface area contributed by atoms with Crippen LogP contribution < -0.4 is 5.32 Å². The van der Waals surface area contributed by atoms with Crippen LogP contribution in [0.3, 0.4) is 0 Å². The molecule has 2 atom stereocenters. The fraction of sp³-hybridized carbons (Fsp3) is 0.733. The predicted molar refractivity (Wildman–Crippen MR) is 80.7 cm³/mol. The monoisotopic (exact) mass is 315 g/mol. The molecule has 0 aromatic carbocycles. The van der Waals surface area contributed by atoms with Crippen LogP contribution in [0.5, 0.6) is 0 Å². The molecule has 0 saturated heterocycles. The lowest BCUT2D eigenvalue weighted by Crippen LogP contribution is -2.23. The van der Waals surface area contributed by atoms with Crippen molar-refractivity contribution in [2.45, 2.75) is 58.9 Å². The molecule has 1 aromatic rings. The first-order chi connectivity index (χ1) is 8.72. The van der Waals surface area contributed by atoms with Gasteiger partial charge in [0.25, 0.3) is 0 Å². The van der Waals surface area contributed by atoms with Crippen LogP contribution in [0, 0.1) is 5.92 Å². The van der Waals surface area contributed by atoms with Crippen LogP contribution in [0.1, 0.15) is 64.5 Å². The summed E-state index contributed by atoms with van der Waals surface area (Å²) in [6, 6.07) is 2.48. The van der Waals surface area contributed by atoms with E-state index in [9.17, 15) is 0 Å². The third kappa shape index (κ3) is 4.77. The summed E-state index contributed by atoms with van der Waals surface area (Å²) in [4.78, 5) is 0. The summed E-state index contributed by atoms with van der Waals surface area (Å²) in [7, 11) is 0. The van der Waals surface area contributed by atoms with E-state index in [2.05, 4.69) is 48.1 Å². The van der Waals surface area contributed by atoms with Crippen molar-refractivity contribution in [3.05, 3.63) is 22.6 Å². The highest BCUT2D eigenvalue weighted by molar-refractivity contribution is 9.10. The Hall–Kier alpha value is -0.280. The topological polar surface area (TPSA) is 25.2 Å². The maximum atomic E-state index is 5.36. The highest BCUT2D eigenvalue weighted by atomic mass is 79.9. The van der Waals surface area contributed by atoms with Crippen molar-refractivity contribution in [2.24, 2.45) is 5.92 Å². The third-order valence-corrected chi connectivity index (χ3v) is 4.23. The molecule has 2 nitrogen and oxygen atoms in total. The molecular weight excluding hydrogens is 290 g/mol. The van der Waals surface area contributed by atoms with E-state index >= 15 is 0 Å². The van der Waals surface area contributed by atoms with Crippen molar-refractivity contribution in [1.29, 1.82) is 0 Å². The fourth-order valence-corrected chi connectivity index (χ4v) is 2.95. The van der Waals surface area contributed by atoms with Crippen LogP contribution in [0.15, 0.2) is 21.4 Å². The predicted octanol–water partition coefficient (Wildman–Crippen LogP) is 5.30. The zero-order chi connectivity index (χ0) is 13.4. The van der Waals surface area contributed by atoms with Crippen molar-refractivity contribution in [3.63, 3.8) is 0 Å². The SMILES string of the molecule is CCCCC(CC)CC(NCC)c1ccoc1Br. The van der Waals surface area contributed by atoms with Gasteiger partial charge in [-0.2, -0.15) is 0 Å². The van der Waals surface area contributed by atoms with Gasteiger partial charge in [0.15, 0.2) is 4.67 Å². The molecule has 18 heavy (non-hydrogen) atoms. The fourth-order valence-electron chi connectivity index (χ4n) is 2.44. The van der Waals surface area contributed by atoms with Crippen molar-refractivity contribution in [1.82, 2.24) is 5.32 Å². The molecular formula is C15H26BrNO. The summed E-state index contributed by atoms with van der Waals surface area (Å²) in [5, 5.41) is 3.58. The first-order valence-electron chi connectivity index (χ1n) is 7.19. The standard InChI is InChI=1S/C15H26BrNO/c1-4-7-8-12(5-2)11-14(17-6-3)13-9-10-18-15(13)16/h9-10,12,14,17H,4-8,11H2,1-3H3. The second-order valence-corrected chi connectivity index (χ2v) is 5.63. The minimum absolute atomic E-state index is 0.407. The lowest BCUT2D eigenvalue weighted by atomic mass is 9.90. The van der Waals surface area contributed by atoms with Gasteiger partial charge in [-0.05, 0) is 40.9 Å². The normalized spacial score (nSPS) is 14.7. The van der Waals surface area contributed by atoms with Gasteiger partial charge in [-0.15, -0.1) is 0 Å². The Kier molecular flexibility index (Phi) is 7.68. The number of rotatable bonds is 9. The lowest BCUT2D eigenvalue weighted by Gasteiger charge is -2.23. The molecule has 1 N–H and O–H groups in total. The third-order valence-electron chi connectivity index (χ3n) is 3.58. The summed E-state index contributed by atoms with van der Waals surface area (Å²) < 4.78 is 6.24. The summed E-state index contributed by atoms with van der Waals surface area (Å²) in [5.74, 6) is 0.802. The van der Waals surface area contributed by atoms with Crippen LogP contribution >= 0.6 is 15.9 Å². The smallest absolute Gasteiger partial charge is 0.173 e. The van der Waals surface area contributed by atoms with Crippen LogP contribution in [0.4, 0.5) is 0 Å². The minimum atomic E-state index is 0.407. The maximum absolute atomic E-state index is 5.36. The molecule has 0 radical (unpaired) electrons. The maximum Gasteiger partial charge on any atom is 0.173 e. The van der Waals surface area contributed by atoms with Crippen LogP contribution in [-0.2, 0) is 0 Å². The van der Waals surface area contributed by atoms with Crippen molar-refractivity contribution >= 4 is 15.9 Å². The average molecular weight is 316 g/mol. The van der Waals surface area contributed by atoms with E-state index in [4.69, 9.17) is 4.42 Å². The Morgan fingerprint density at radius 1 is 1.33 bits per heavy atom. The van der Waals surface area contributed by atoms with Gasteiger partial charge in [0, 0.05) is 11.6 Å². The molecule has 1 rings (SSSR count). The van der Waals surface area contributed by atoms with Gasteiger partial charge in [-0.3, -0.25) is 0 Å². The van der Waals surface area contributed by atoms with Gasteiger partial charge in [-0.25, -0.2) is 0 Å². The Morgan fingerprint density at radius 3 is 2.61 bits per heavy atom. The highest BCUT2D eigenvalue weighted by Crippen LogP contribution is 2.31. The zero-order valence-corrected chi connectivity index (χ0v) is 13.4. The summed E-state index contributed by atoms with van der Waals surface area (Å²) >= 11 is 3.49. The van der Waals surface area contributed by atoms with E-state index in [1.807, 2.05) is 0 Å². The number of furan rings is 1. The van der Waals surface area contributed by atoms with Crippen LogP contribution in [0.2, 0.25) is 0 Å².